The molecule has 86 valence electrons. The number of unbranched alkanes of at least 4 members (excludes halogenated alkanes) is 2. The Kier molecular flexibility index (Phi) is 8.26. The maximum Gasteiger partial charge on any atom is 0.00666 e. The Labute approximate surface area is 90.9 Å². The van der Waals surface area contributed by atoms with Gasteiger partial charge < -0.3 is 4.90 Å². The van der Waals surface area contributed by atoms with Crippen molar-refractivity contribution in [1.82, 2.24) is 4.90 Å². The predicted octanol–water partition coefficient (Wildman–Crippen LogP) is 4.08. The van der Waals surface area contributed by atoms with Crippen molar-refractivity contribution in [2.75, 3.05) is 7.05 Å². The summed E-state index contributed by atoms with van der Waals surface area (Å²) in [6.07, 6.45) is 8.08. The van der Waals surface area contributed by atoms with Crippen LogP contribution in [0.2, 0.25) is 0 Å². The van der Waals surface area contributed by atoms with Gasteiger partial charge in [-0.3, -0.25) is 0 Å². The van der Waals surface area contributed by atoms with Gasteiger partial charge in [0.15, 0.2) is 0 Å². The van der Waals surface area contributed by atoms with E-state index in [9.17, 15) is 0 Å². The zero-order chi connectivity index (χ0) is 11.0. The van der Waals surface area contributed by atoms with Crippen LogP contribution in [0.5, 0.6) is 0 Å². The van der Waals surface area contributed by atoms with Gasteiger partial charge in [0.05, 0.1) is 0 Å². The fourth-order valence-corrected chi connectivity index (χ4v) is 1.84. The molecule has 0 rings (SSSR count). The summed E-state index contributed by atoms with van der Waals surface area (Å²) in [6, 6.07) is 1.50. The van der Waals surface area contributed by atoms with Crippen LogP contribution in [0.25, 0.3) is 0 Å². The molecule has 0 fully saturated rings. The Balaban J connectivity index is 3.72. The van der Waals surface area contributed by atoms with E-state index in [1.54, 1.807) is 0 Å². The lowest BCUT2D eigenvalue weighted by atomic mass is 10.1. The minimum absolute atomic E-state index is 0.752. The molecule has 0 saturated carbocycles. The van der Waals surface area contributed by atoms with E-state index < -0.39 is 0 Å². The Morgan fingerprint density at radius 1 is 0.857 bits per heavy atom. The molecule has 1 heteroatoms. The van der Waals surface area contributed by atoms with Crippen molar-refractivity contribution in [1.29, 1.82) is 0 Å². The van der Waals surface area contributed by atoms with Crippen LogP contribution in [0, 0.1) is 0 Å². The highest BCUT2D eigenvalue weighted by molar-refractivity contribution is 4.69. The molecule has 1 nitrogen and oxygen atoms in total. The second-order valence-electron chi connectivity index (χ2n) is 4.65. The van der Waals surface area contributed by atoms with Crippen LogP contribution in [0.3, 0.4) is 0 Å². The molecule has 0 saturated heterocycles. The van der Waals surface area contributed by atoms with Crippen LogP contribution in [0.4, 0.5) is 0 Å². The standard InChI is InChI=1S/C13H29N/c1-6-8-10-12(3)14(5)13(4)11-9-7-2/h12-13H,6-11H2,1-5H3. The van der Waals surface area contributed by atoms with Crippen molar-refractivity contribution in [2.24, 2.45) is 0 Å². The summed E-state index contributed by atoms with van der Waals surface area (Å²) in [5.74, 6) is 0. The lowest BCUT2D eigenvalue weighted by Crippen LogP contribution is -2.36. The zero-order valence-electron chi connectivity index (χ0n) is 10.8. The van der Waals surface area contributed by atoms with Crippen LogP contribution >= 0.6 is 0 Å². The van der Waals surface area contributed by atoms with Gasteiger partial charge in [0.1, 0.15) is 0 Å². The van der Waals surface area contributed by atoms with Gasteiger partial charge in [-0.2, -0.15) is 0 Å². The van der Waals surface area contributed by atoms with E-state index in [1.165, 1.54) is 38.5 Å². The summed E-state index contributed by atoms with van der Waals surface area (Å²) in [5.41, 5.74) is 0. The van der Waals surface area contributed by atoms with E-state index in [0.29, 0.717) is 0 Å². The quantitative estimate of drug-likeness (QED) is 0.569. The average molecular weight is 199 g/mol. The number of hydrogen-bond donors (Lipinski definition) is 0. The Bertz CT molecular complexity index is 108. The first-order chi connectivity index (χ1) is 6.63. The first kappa shape index (κ1) is 14.0. The van der Waals surface area contributed by atoms with Crippen molar-refractivity contribution in [2.45, 2.75) is 78.3 Å². The van der Waals surface area contributed by atoms with E-state index in [4.69, 9.17) is 0 Å². The van der Waals surface area contributed by atoms with E-state index in [2.05, 4.69) is 39.6 Å². The molecule has 0 spiro atoms. The van der Waals surface area contributed by atoms with Crippen molar-refractivity contribution in [3.05, 3.63) is 0 Å². The summed E-state index contributed by atoms with van der Waals surface area (Å²) in [7, 11) is 2.28. The van der Waals surface area contributed by atoms with Gasteiger partial charge in [-0.05, 0) is 33.7 Å². The fraction of sp³-hybridized carbons (Fsp3) is 1.00. The number of rotatable bonds is 8. The van der Waals surface area contributed by atoms with E-state index in [1.807, 2.05) is 0 Å². The van der Waals surface area contributed by atoms with Crippen LogP contribution in [0.1, 0.15) is 66.2 Å². The third-order valence-corrected chi connectivity index (χ3v) is 3.34. The van der Waals surface area contributed by atoms with Crippen molar-refractivity contribution in [3.63, 3.8) is 0 Å². The summed E-state index contributed by atoms with van der Waals surface area (Å²) < 4.78 is 0. The Morgan fingerprint density at radius 2 is 1.21 bits per heavy atom. The van der Waals surface area contributed by atoms with Gasteiger partial charge in [-0.25, -0.2) is 0 Å². The minimum Gasteiger partial charge on any atom is -0.301 e. The largest absolute Gasteiger partial charge is 0.301 e. The lowest BCUT2D eigenvalue weighted by Gasteiger charge is -2.31. The van der Waals surface area contributed by atoms with Gasteiger partial charge in [0.2, 0.25) is 0 Å². The highest BCUT2D eigenvalue weighted by atomic mass is 15.1. The Hall–Kier alpha value is -0.0400. The van der Waals surface area contributed by atoms with Gasteiger partial charge in [0.25, 0.3) is 0 Å². The maximum absolute atomic E-state index is 2.55. The highest BCUT2D eigenvalue weighted by Gasteiger charge is 2.14. The van der Waals surface area contributed by atoms with Crippen LogP contribution in [-0.4, -0.2) is 24.0 Å². The van der Waals surface area contributed by atoms with Crippen molar-refractivity contribution >= 4 is 0 Å². The smallest absolute Gasteiger partial charge is 0.00666 e. The zero-order valence-corrected chi connectivity index (χ0v) is 10.8. The van der Waals surface area contributed by atoms with Gasteiger partial charge in [-0.1, -0.05) is 39.5 Å². The maximum atomic E-state index is 2.55. The Morgan fingerprint density at radius 3 is 1.50 bits per heavy atom. The third kappa shape index (κ3) is 5.64. The number of nitrogens with zero attached hydrogens (tertiary/aromatic N) is 1. The summed E-state index contributed by atoms with van der Waals surface area (Å²) in [4.78, 5) is 2.55. The lowest BCUT2D eigenvalue weighted by molar-refractivity contribution is 0.175. The summed E-state index contributed by atoms with van der Waals surface area (Å²) >= 11 is 0. The molecule has 0 heterocycles. The first-order valence-electron chi connectivity index (χ1n) is 6.35. The van der Waals surface area contributed by atoms with Crippen LogP contribution in [-0.2, 0) is 0 Å². The molecular weight excluding hydrogens is 170 g/mol. The second-order valence-corrected chi connectivity index (χ2v) is 4.65. The molecule has 0 aromatic carbocycles. The summed E-state index contributed by atoms with van der Waals surface area (Å²) in [6.45, 7) is 9.26. The second kappa shape index (κ2) is 8.28. The van der Waals surface area contributed by atoms with Gasteiger partial charge in [-0.15, -0.1) is 0 Å². The van der Waals surface area contributed by atoms with Crippen molar-refractivity contribution in [3.8, 4) is 0 Å². The molecule has 0 amide bonds. The molecule has 0 N–H and O–H groups in total. The SMILES string of the molecule is CCCCC(C)N(C)C(C)CCCC. The highest BCUT2D eigenvalue weighted by Crippen LogP contribution is 2.13. The monoisotopic (exact) mass is 199 g/mol. The van der Waals surface area contributed by atoms with Crippen LogP contribution in [0.15, 0.2) is 0 Å². The minimum atomic E-state index is 0.752. The molecule has 0 aliphatic heterocycles. The van der Waals surface area contributed by atoms with Gasteiger partial charge >= 0.3 is 0 Å². The molecule has 0 aromatic heterocycles. The molecule has 0 aliphatic carbocycles. The predicted molar refractivity (Wildman–Crippen MR) is 65.7 cm³/mol. The first-order valence-corrected chi connectivity index (χ1v) is 6.35. The van der Waals surface area contributed by atoms with E-state index >= 15 is 0 Å². The van der Waals surface area contributed by atoms with E-state index in [0.717, 1.165) is 12.1 Å². The van der Waals surface area contributed by atoms with Crippen LogP contribution < -0.4 is 0 Å². The van der Waals surface area contributed by atoms with Gasteiger partial charge in [0, 0.05) is 12.1 Å². The number of hydrogen-bond acceptors (Lipinski definition) is 1. The molecule has 0 bridgehead atoms. The molecule has 0 aliphatic rings. The van der Waals surface area contributed by atoms with Crippen molar-refractivity contribution < 1.29 is 0 Å². The molecule has 14 heavy (non-hydrogen) atoms. The molecule has 2 unspecified atom stereocenters. The molecule has 0 aromatic rings. The fourth-order valence-electron chi connectivity index (χ4n) is 1.84. The normalized spacial score (nSPS) is 15.9. The summed E-state index contributed by atoms with van der Waals surface area (Å²) in [5, 5.41) is 0. The molecular formula is C13H29N. The van der Waals surface area contributed by atoms with E-state index in [-0.39, 0.29) is 0 Å². The molecule has 0 radical (unpaired) electrons. The average Bonchev–Trinajstić information content (AvgIpc) is 2.21. The third-order valence-electron chi connectivity index (χ3n) is 3.34. The topological polar surface area (TPSA) is 3.24 Å². The molecule has 2 atom stereocenters.